The van der Waals surface area contributed by atoms with E-state index in [0.29, 0.717) is 0 Å². The number of allylic oxidation sites excluding steroid dienone is 1. The molecule has 0 fully saturated rings. The van der Waals surface area contributed by atoms with E-state index in [1.165, 1.54) is 18.2 Å². The number of nitrogens with zero attached hydrogens (tertiary/aromatic N) is 1. The molecule has 5 heteroatoms. The van der Waals surface area contributed by atoms with E-state index in [1.807, 2.05) is 24.3 Å². The van der Waals surface area contributed by atoms with Gasteiger partial charge in [-0.1, -0.05) is 30.3 Å². The van der Waals surface area contributed by atoms with E-state index in [2.05, 4.69) is 4.98 Å². The van der Waals surface area contributed by atoms with Crippen LogP contribution in [0.5, 0.6) is 0 Å². The minimum absolute atomic E-state index is 0.00327. The predicted octanol–water partition coefficient (Wildman–Crippen LogP) is 5.15. The number of aromatic nitrogens is 1. The molecule has 1 heterocycles. The maximum absolute atomic E-state index is 12.7. The number of ketones is 1. The van der Waals surface area contributed by atoms with Crippen molar-refractivity contribution in [3.63, 3.8) is 0 Å². The second-order valence-electron chi connectivity index (χ2n) is 5.23. The summed E-state index contributed by atoms with van der Waals surface area (Å²) in [7, 11) is 0. The lowest BCUT2D eigenvalue weighted by atomic mass is 10.1. The summed E-state index contributed by atoms with van der Waals surface area (Å²) >= 11 is 0. The Morgan fingerprint density at radius 3 is 2.62 bits per heavy atom. The molecule has 120 valence electrons. The number of halogens is 3. The molecule has 0 aliphatic rings. The highest BCUT2D eigenvalue weighted by Gasteiger charge is 2.30. The van der Waals surface area contributed by atoms with Gasteiger partial charge in [-0.05, 0) is 42.0 Å². The Balaban J connectivity index is 1.84. The van der Waals surface area contributed by atoms with Crippen LogP contribution < -0.4 is 0 Å². The van der Waals surface area contributed by atoms with Crippen LogP contribution in [0.4, 0.5) is 13.2 Å². The van der Waals surface area contributed by atoms with Crippen molar-refractivity contribution in [3.8, 4) is 0 Å². The van der Waals surface area contributed by atoms with E-state index in [4.69, 9.17) is 0 Å². The van der Waals surface area contributed by atoms with E-state index in [-0.39, 0.29) is 5.56 Å². The molecule has 0 aliphatic carbocycles. The van der Waals surface area contributed by atoms with Gasteiger partial charge in [-0.2, -0.15) is 13.2 Å². The molecule has 0 radical (unpaired) electrons. The van der Waals surface area contributed by atoms with Crippen LogP contribution in [0, 0.1) is 0 Å². The number of benzene rings is 2. The summed E-state index contributed by atoms with van der Waals surface area (Å²) in [4.78, 5) is 16.3. The molecule has 1 aromatic heterocycles. The zero-order valence-electron chi connectivity index (χ0n) is 12.4. The highest BCUT2D eigenvalue weighted by atomic mass is 19.4. The fourth-order valence-electron chi connectivity index (χ4n) is 2.31. The Morgan fingerprint density at radius 1 is 1.00 bits per heavy atom. The Bertz CT molecular complexity index is 929. The molecule has 0 unspecified atom stereocenters. The third kappa shape index (κ3) is 3.51. The third-order valence-electron chi connectivity index (χ3n) is 3.53. The van der Waals surface area contributed by atoms with Gasteiger partial charge in [0.2, 0.25) is 0 Å². The van der Waals surface area contributed by atoms with Crippen molar-refractivity contribution in [2.45, 2.75) is 6.18 Å². The van der Waals surface area contributed by atoms with Crippen LogP contribution in [0.25, 0.3) is 17.0 Å². The first-order chi connectivity index (χ1) is 11.4. The Kier molecular flexibility index (Phi) is 4.16. The molecule has 0 saturated heterocycles. The molecule has 0 amide bonds. The average molecular weight is 327 g/mol. The molecular weight excluding hydrogens is 315 g/mol. The number of hydrogen-bond donors (Lipinski definition) is 0. The number of carbonyl (C=O) groups excluding carboxylic acids is 1. The van der Waals surface area contributed by atoms with E-state index in [9.17, 15) is 18.0 Å². The smallest absolute Gasteiger partial charge is 0.289 e. The fourth-order valence-corrected chi connectivity index (χ4v) is 2.31. The molecule has 3 rings (SSSR count). The fraction of sp³-hybridized carbons (Fsp3) is 0.0526. The zero-order valence-corrected chi connectivity index (χ0v) is 12.4. The highest BCUT2D eigenvalue weighted by Crippen LogP contribution is 2.29. The van der Waals surface area contributed by atoms with Gasteiger partial charge in [0.1, 0.15) is 0 Å². The van der Waals surface area contributed by atoms with E-state index < -0.39 is 17.5 Å². The topological polar surface area (TPSA) is 30.0 Å². The lowest BCUT2D eigenvalue weighted by molar-refractivity contribution is -0.137. The normalized spacial score (nSPS) is 12.0. The first kappa shape index (κ1) is 15.9. The highest BCUT2D eigenvalue weighted by molar-refractivity contribution is 6.07. The van der Waals surface area contributed by atoms with Crippen LogP contribution in [0.15, 0.2) is 66.9 Å². The third-order valence-corrected chi connectivity index (χ3v) is 3.53. The number of carbonyl (C=O) groups is 1. The van der Waals surface area contributed by atoms with Crippen LogP contribution in [-0.2, 0) is 6.18 Å². The number of fused-ring (bicyclic) bond motifs is 1. The molecule has 2 nitrogen and oxygen atoms in total. The minimum atomic E-state index is -4.47. The Hall–Kier alpha value is -2.95. The maximum atomic E-state index is 12.7. The van der Waals surface area contributed by atoms with Gasteiger partial charge < -0.3 is 0 Å². The molecule has 0 spiro atoms. The van der Waals surface area contributed by atoms with Crippen molar-refractivity contribution >= 4 is 22.8 Å². The summed E-state index contributed by atoms with van der Waals surface area (Å²) < 4.78 is 38.1. The molecular formula is C19H12F3NO. The zero-order chi connectivity index (χ0) is 17.2. The van der Waals surface area contributed by atoms with E-state index >= 15 is 0 Å². The molecule has 0 bridgehead atoms. The molecule has 2 aromatic carbocycles. The second-order valence-corrected chi connectivity index (χ2v) is 5.23. The summed E-state index contributed by atoms with van der Waals surface area (Å²) in [5, 5.41) is 0.922. The lowest BCUT2D eigenvalue weighted by Crippen LogP contribution is -2.06. The van der Waals surface area contributed by atoms with Gasteiger partial charge in [0.15, 0.2) is 5.78 Å². The number of pyridine rings is 1. The molecule has 0 N–H and O–H groups in total. The Morgan fingerprint density at radius 2 is 1.83 bits per heavy atom. The van der Waals surface area contributed by atoms with Crippen molar-refractivity contribution in [1.29, 1.82) is 0 Å². The predicted molar refractivity (Wildman–Crippen MR) is 86.6 cm³/mol. The van der Waals surface area contributed by atoms with E-state index in [0.717, 1.165) is 28.6 Å². The standard InChI is InChI=1S/C19H12F3NO/c20-19(21,22)16-5-1-3-15(12-16)18(24)9-7-13-6-8-17-14(11-13)4-2-10-23-17/h1-12H/b9-7+. The molecule has 0 atom stereocenters. The average Bonchev–Trinajstić information content (AvgIpc) is 2.59. The molecule has 0 aliphatic heterocycles. The van der Waals surface area contributed by atoms with Gasteiger partial charge in [0, 0.05) is 17.1 Å². The quantitative estimate of drug-likeness (QED) is 0.492. The minimum Gasteiger partial charge on any atom is -0.289 e. The van der Waals surface area contributed by atoms with Crippen molar-refractivity contribution in [2.75, 3.05) is 0 Å². The molecule has 3 aromatic rings. The van der Waals surface area contributed by atoms with Crippen molar-refractivity contribution < 1.29 is 18.0 Å². The van der Waals surface area contributed by atoms with Crippen LogP contribution >= 0.6 is 0 Å². The summed E-state index contributed by atoms with van der Waals surface area (Å²) in [5.74, 6) is -0.479. The molecule has 24 heavy (non-hydrogen) atoms. The van der Waals surface area contributed by atoms with Gasteiger partial charge in [-0.3, -0.25) is 9.78 Å². The van der Waals surface area contributed by atoms with Gasteiger partial charge >= 0.3 is 6.18 Å². The van der Waals surface area contributed by atoms with Crippen LogP contribution in [0.3, 0.4) is 0 Å². The SMILES string of the molecule is O=C(/C=C/c1ccc2ncccc2c1)c1cccc(C(F)(F)F)c1. The van der Waals surface area contributed by atoms with Gasteiger partial charge in [-0.15, -0.1) is 0 Å². The number of hydrogen-bond acceptors (Lipinski definition) is 2. The van der Waals surface area contributed by atoms with Crippen molar-refractivity contribution in [3.05, 3.63) is 83.6 Å². The first-order valence-corrected chi connectivity index (χ1v) is 7.18. The van der Waals surface area contributed by atoms with Gasteiger partial charge in [-0.25, -0.2) is 0 Å². The Labute approximate surface area is 136 Å². The maximum Gasteiger partial charge on any atom is 0.416 e. The number of alkyl halides is 3. The monoisotopic (exact) mass is 327 g/mol. The van der Waals surface area contributed by atoms with Crippen molar-refractivity contribution in [1.82, 2.24) is 4.98 Å². The summed E-state index contributed by atoms with van der Waals surface area (Å²) in [5.41, 5.74) is 0.775. The van der Waals surface area contributed by atoms with Crippen molar-refractivity contribution in [2.24, 2.45) is 0 Å². The summed E-state index contributed by atoms with van der Waals surface area (Å²) in [6.45, 7) is 0. The molecule has 0 saturated carbocycles. The lowest BCUT2D eigenvalue weighted by Gasteiger charge is -2.07. The van der Waals surface area contributed by atoms with Crippen LogP contribution in [0.2, 0.25) is 0 Å². The number of rotatable bonds is 3. The van der Waals surface area contributed by atoms with Gasteiger partial charge in [0.05, 0.1) is 11.1 Å². The summed E-state index contributed by atoms with van der Waals surface area (Å²) in [6.07, 6.45) is 0.0718. The van der Waals surface area contributed by atoms with E-state index in [1.54, 1.807) is 18.3 Å². The first-order valence-electron chi connectivity index (χ1n) is 7.18. The largest absolute Gasteiger partial charge is 0.416 e. The van der Waals surface area contributed by atoms with Crippen LogP contribution in [-0.4, -0.2) is 10.8 Å². The van der Waals surface area contributed by atoms with Crippen LogP contribution in [0.1, 0.15) is 21.5 Å². The second kappa shape index (κ2) is 6.28. The summed E-state index contributed by atoms with van der Waals surface area (Å²) in [6, 6.07) is 13.6. The van der Waals surface area contributed by atoms with Gasteiger partial charge in [0.25, 0.3) is 0 Å².